The third-order valence-corrected chi connectivity index (χ3v) is 5.22. The predicted octanol–water partition coefficient (Wildman–Crippen LogP) is 6.54. The molecular weight excluding hydrogens is 445 g/mol. The maximum absolute atomic E-state index is 12.9. The zero-order chi connectivity index (χ0) is 25.7. The average molecular weight is 479 g/mol. The van der Waals surface area contributed by atoms with Crippen LogP contribution in [0.3, 0.4) is 0 Å². The second-order valence-electron chi connectivity index (χ2n) is 9.25. The zero-order valence-electron chi connectivity index (χ0n) is 20.6. The highest BCUT2D eigenvalue weighted by Crippen LogP contribution is 2.31. The van der Waals surface area contributed by atoms with Crippen LogP contribution in [-0.4, -0.2) is 36.0 Å². The smallest absolute Gasteiger partial charge is 0.416 e. The van der Waals surface area contributed by atoms with E-state index in [-0.39, 0.29) is 18.7 Å². The van der Waals surface area contributed by atoms with Crippen LogP contribution in [0.25, 0.3) is 0 Å². The first-order valence-electron chi connectivity index (χ1n) is 11.3. The van der Waals surface area contributed by atoms with Gasteiger partial charge in [0.15, 0.2) is 0 Å². The lowest BCUT2D eigenvalue weighted by Crippen LogP contribution is -2.43. The van der Waals surface area contributed by atoms with E-state index < -0.39 is 17.8 Å². The molecule has 2 aromatic rings. The number of alkyl halides is 3. The molecule has 3 amide bonds. The molecule has 0 bridgehead atoms. The molecule has 34 heavy (non-hydrogen) atoms. The van der Waals surface area contributed by atoms with Crippen molar-refractivity contribution >= 4 is 18.1 Å². The summed E-state index contributed by atoms with van der Waals surface area (Å²) in [5.41, 5.74) is 2.31. The SMILES string of the molecule is CCN(C(=O)N(C=O)CCCc1cc(C)c(OC(C)(C)C)c(C)c1)c1ccc(C(F)(F)F)cc1. The minimum Gasteiger partial charge on any atom is -0.488 e. The van der Waals surface area contributed by atoms with Gasteiger partial charge in [0.1, 0.15) is 11.4 Å². The maximum atomic E-state index is 12.9. The van der Waals surface area contributed by atoms with Crippen molar-refractivity contribution in [3.63, 3.8) is 0 Å². The average Bonchev–Trinajstić information content (AvgIpc) is 2.73. The van der Waals surface area contributed by atoms with E-state index in [1.807, 2.05) is 46.8 Å². The Balaban J connectivity index is 2.06. The summed E-state index contributed by atoms with van der Waals surface area (Å²) in [6.07, 6.45) is -2.79. The van der Waals surface area contributed by atoms with E-state index in [1.54, 1.807) is 6.92 Å². The zero-order valence-corrected chi connectivity index (χ0v) is 20.6. The number of benzene rings is 2. The molecular formula is C26H33F3N2O3. The van der Waals surface area contributed by atoms with Crippen molar-refractivity contribution in [2.24, 2.45) is 0 Å². The number of amides is 3. The normalized spacial score (nSPS) is 11.8. The van der Waals surface area contributed by atoms with Gasteiger partial charge < -0.3 is 4.74 Å². The predicted molar refractivity (Wildman–Crippen MR) is 127 cm³/mol. The highest BCUT2D eigenvalue weighted by atomic mass is 19.4. The molecule has 0 radical (unpaired) electrons. The lowest BCUT2D eigenvalue weighted by atomic mass is 10.0. The summed E-state index contributed by atoms with van der Waals surface area (Å²) in [5, 5.41) is 0. The monoisotopic (exact) mass is 478 g/mol. The van der Waals surface area contributed by atoms with Crippen molar-refractivity contribution in [1.82, 2.24) is 4.90 Å². The van der Waals surface area contributed by atoms with Crippen molar-refractivity contribution in [3.05, 3.63) is 58.7 Å². The molecule has 8 heteroatoms. The van der Waals surface area contributed by atoms with Gasteiger partial charge in [-0.3, -0.25) is 14.6 Å². The molecule has 0 aliphatic heterocycles. The highest BCUT2D eigenvalue weighted by molar-refractivity contribution is 5.97. The van der Waals surface area contributed by atoms with Gasteiger partial charge in [-0.15, -0.1) is 0 Å². The molecule has 5 nitrogen and oxygen atoms in total. The first kappa shape index (κ1) is 27.2. The van der Waals surface area contributed by atoms with Crippen LogP contribution in [0.2, 0.25) is 0 Å². The van der Waals surface area contributed by atoms with Crippen LogP contribution in [-0.2, 0) is 17.4 Å². The number of nitrogens with zero attached hydrogens (tertiary/aromatic N) is 2. The summed E-state index contributed by atoms with van der Waals surface area (Å²) in [5.74, 6) is 0.857. The van der Waals surface area contributed by atoms with E-state index in [0.717, 1.165) is 39.5 Å². The Kier molecular flexibility index (Phi) is 8.75. The Morgan fingerprint density at radius 1 is 1.03 bits per heavy atom. The Morgan fingerprint density at radius 2 is 1.59 bits per heavy atom. The molecule has 0 saturated carbocycles. The maximum Gasteiger partial charge on any atom is 0.416 e. The van der Waals surface area contributed by atoms with Gasteiger partial charge in [0, 0.05) is 18.8 Å². The Bertz CT molecular complexity index is 973. The summed E-state index contributed by atoms with van der Waals surface area (Å²) in [6.45, 7) is 12.1. The topological polar surface area (TPSA) is 49.9 Å². The van der Waals surface area contributed by atoms with Crippen molar-refractivity contribution < 1.29 is 27.5 Å². The van der Waals surface area contributed by atoms with E-state index in [0.29, 0.717) is 24.9 Å². The Hall–Kier alpha value is -3.03. The lowest BCUT2D eigenvalue weighted by molar-refractivity contribution is -0.137. The van der Waals surface area contributed by atoms with Crippen LogP contribution in [0.15, 0.2) is 36.4 Å². The van der Waals surface area contributed by atoms with Crippen molar-refractivity contribution in [1.29, 1.82) is 0 Å². The largest absolute Gasteiger partial charge is 0.488 e. The van der Waals surface area contributed by atoms with E-state index in [2.05, 4.69) is 0 Å². The molecule has 0 aromatic heterocycles. The van der Waals surface area contributed by atoms with Gasteiger partial charge in [-0.25, -0.2) is 4.79 Å². The van der Waals surface area contributed by atoms with E-state index >= 15 is 0 Å². The van der Waals surface area contributed by atoms with Crippen LogP contribution in [0.1, 0.15) is 56.4 Å². The fraction of sp³-hybridized carbons (Fsp3) is 0.462. The van der Waals surface area contributed by atoms with Crippen LogP contribution < -0.4 is 9.64 Å². The molecule has 0 unspecified atom stereocenters. The molecule has 0 aliphatic carbocycles. The van der Waals surface area contributed by atoms with Crippen LogP contribution in [0.5, 0.6) is 5.75 Å². The third kappa shape index (κ3) is 7.23. The second kappa shape index (κ2) is 10.9. The van der Waals surface area contributed by atoms with Crippen molar-refractivity contribution in [3.8, 4) is 5.75 Å². The number of aryl methyl sites for hydroxylation is 3. The third-order valence-electron chi connectivity index (χ3n) is 5.22. The fourth-order valence-electron chi connectivity index (χ4n) is 3.71. The first-order valence-corrected chi connectivity index (χ1v) is 11.3. The summed E-state index contributed by atoms with van der Waals surface area (Å²) < 4.78 is 44.5. The quantitative estimate of drug-likeness (QED) is 0.405. The van der Waals surface area contributed by atoms with Crippen LogP contribution in [0, 0.1) is 13.8 Å². The van der Waals surface area contributed by atoms with Crippen LogP contribution >= 0.6 is 0 Å². The number of urea groups is 1. The number of carbonyl (C=O) groups is 2. The van der Waals surface area contributed by atoms with E-state index in [9.17, 15) is 22.8 Å². The summed E-state index contributed by atoms with van der Waals surface area (Å²) >= 11 is 0. The van der Waals surface area contributed by atoms with E-state index in [4.69, 9.17) is 4.74 Å². The number of ether oxygens (including phenoxy) is 1. The summed E-state index contributed by atoms with van der Waals surface area (Å²) in [6, 6.07) is 7.84. The lowest BCUT2D eigenvalue weighted by Gasteiger charge is -2.27. The molecule has 2 aromatic carbocycles. The Labute approximate surface area is 199 Å². The number of rotatable bonds is 8. The summed E-state index contributed by atoms with van der Waals surface area (Å²) in [4.78, 5) is 26.9. The molecule has 0 spiro atoms. The molecule has 0 saturated heterocycles. The molecule has 186 valence electrons. The van der Waals surface area contributed by atoms with Gasteiger partial charge in [-0.05, 0) is 95.3 Å². The Morgan fingerprint density at radius 3 is 2.03 bits per heavy atom. The van der Waals surface area contributed by atoms with Gasteiger partial charge in [-0.2, -0.15) is 13.2 Å². The van der Waals surface area contributed by atoms with Gasteiger partial charge >= 0.3 is 12.2 Å². The summed E-state index contributed by atoms with van der Waals surface area (Å²) in [7, 11) is 0. The molecule has 0 N–H and O–H groups in total. The molecule has 2 rings (SSSR count). The second-order valence-corrected chi connectivity index (χ2v) is 9.25. The number of hydrogen-bond acceptors (Lipinski definition) is 3. The highest BCUT2D eigenvalue weighted by Gasteiger charge is 2.30. The van der Waals surface area contributed by atoms with Gasteiger partial charge in [0.25, 0.3) is 0 Å². The molecule has 0 aliphatic rings. The van der Waals surface area contributed by atoms with Gasteiger partial charge in [0.05, 0.1) is 5.56 Å². The fourth-order valence-corrected chi connectivity index (χ4v) is 3.71. The number of imide groups is 1. The van der Waals surface area contributed by atoms with E-state index in [1.165, 1.54) is 17.0 Å². The minimum absolute atomic E-state index is 0.192. The van der Waals surface area contributed by atoms with Gasteiger partial charge in [0.2, 0.25) is 6.41 Å². The number of anilines is 1. The first-order chi connectivity index (χ1) is 15.8. The molecule has 0 heterocycles. The van der Waals surface area contributed by atoms with Crippen molar-refractivity contribution in [2.75, 3.05) is 18.0 Å². The number of carbonyl (C=O) groups excluding carboxylic acids is 2. The number of halogens is 3. The van der Waals surface area contributed by atoms with Crippen molar-refractivity contribution in [2.45, 2.75) is 66.2 Å². The minimum atomic E-state index is -4.46. The van der Waals surface area contributed by atoms with Crippen LogP contribution in [0.4, 0.5) is 23.7 Å². The molecule has 0 atom stereocenters. The van der Waals surface area contributed by atoms with Gasteiger partial charge in [-0.1, -0.05) is 12.1 Å². The number of hydrogen-bond donors (Lipinski definition) is 0. The molecule has 0 fully saturated rings. The standard InChI is InChI=1S/C26H33F3N2O3/c1-7-31(22-12-10-21(11-13-22)26(27,28)29)24(33)30(17-32)14-8-9-20-15-18(2)23(19(3)16-20)34-25(4,5)6/h10-13,15-17H,7-9,14H2,1-6H3.